The molecule has 3 aliphatic rings. The van der Waals surface area contributed by atoms with Crippen molar-refractivity contribution >= 4 is 21.8 Å². The number of aryl methyl sites for hydroxylation is 4. The number of benzene rings is 2. The van der Waals surface area contributed by atoms with Gasteiger partial charge in [-0.25, -0.2) is 0 Å². The van der Waals surface area contributed by atoms with Crippen molar-refractivity contribution in [2.24, 2.45) is 0 Å². The predicted molar refractivity (Wildman–Crippen MR) is 144 cm³/mol. The molecule has 0 aliphatic carbocycles. The first-order valence-electron chi connectivity index (χ1n) is 13.4. The summed E-state index contributed by atoms with van der Waals surface area (Å²) in [6, 6.07) is 17.1. The summed E-state index contributed by atoms with van der Waals surface area (Å²) in [4.78, 5) is 31.4. The van der Waals surface area contributed by atoms with Crippen LogP contribution < -0.4 is 11.1 Å². The van der Waals surface area contributed by atoms with E-state index in [9.17, 15) is 9.59 Å². The molecule has 0 atom stereocenters. The molecule has 0 N–H and O–H groups in total. The Kier molecular flexibility index (Phi) is 5.33. The largest absolute Gasteiger partial charge is 0.308 e. The summed E-state index contributed by atoms with van der Waals surface area (Å²) in [5.41, 5.74) is 7.02. The minimum atomic E-state index is 0.176. The molecule has 4 aromatic rings. The van der Waals surface area contributed by atoms with Gasteiger partial charge in [-0.05, 0) is 59.7 Å². The number of rotatable bonds is 4. The highest BCUT2D eigenvalue weighted by atomic mass is 16.1. The maximum atomic E-state index is 13.3. The van der Waals surface area contributed by atoms with Crippen LogP contribution in [0.5, 0.6) is 0 Å². The van der Waals surface area contributed by atoms with Crippen LogP contribution in [0.15, 0.2) is 58.1 Å². The van der Waals surface area contributed by atoms with E-state index in [0.29, 0.717) is 13.1 Å². The van der Waals surface area contributed by atoms with Crippen molar-refractivity contribution in [2.75, 3.05) is 26.2 Å². The van der Waals surface area contributed by atoms with Gasteiger partial charge in [0.2, 0.25) is 0 Å². The summed E-state index contributed by atoms with van der Waals surface area (Å²) in [5, 5.41) is 2.37. The van der Waals surface area contributed by atoms with Crippen LogP contribution in [0.2, 0.25) is 0 Å². The van der Waals surface area contributed by atoms with E-state index in [1.165, 1.54) is 21.9 Å². The zero-order valence-electron chi connectivity index (χ0n) is 20.7. The molecule has 0 unspecified atom stereocenters. The van der Waals surface area contributed by atoms with Crippen molar-refractivity contribution in [3.8, 4) is 0 Å². The molecule has 1 fully saturated rings. The summed E-state index contributed by atoms with van der Waals surface area (Å²) in [6.07, 6.45) is 4.18. The number of nitrogens with zero attached hydrogens (tertiary/aromatic N) is 4. The minimum Gasteiger partial charge on any atom is -0.308 e. The topological polar surface area (TPSA) is 50.5 Å². The van der Waals surface area contributed by atoms with Gasteiger partial charge in [0.1, 0.15) is 0 Å². The number of para-hydroxylation sites is 2. The monoisotopic (exact) mass is 480 g/mol. The van der Waals surface area contributed by atoms with Gasteiger partial charge in [-0.2, -0.15) is 0 Å². The summed E-state index contributed by atoms with van der Waals surface area (Å²) in [7, 11) is 0. The molecule has 7 rings (SSSR count). The fraction of sp³-hybridized carbons (Fsp3) is 0.400. The number of aromatic nitrogens is 2. The summed E-state index contributed by atoms with van der Waals surface area (Å²) >= 11 is 0. The van der Waals surface area contributed by atoms with Crippen LogP contribution in [0.25, 0.3) is 21.8 Å². The van der Waals surface area contributed by atoms with Crippen LogP contribution in [-0.2, 0) is 39.0 Å². The number of piperazine rings is 1. The third-order valence-corrected chi connectivity index (χ3v) is 8.45. The zero-order valence-corrected chi connectivity index (χ0v) is 20.7. The van der Waals surface area contributed by atoms with Crippen molar-refractivity contribution in [3.63, 3.8) is 0 Å². The first kappa shape index (κ1) is 22.0. The lowest BCUT2D eigenvalue weighted by Gasteiger charge is -2.35. The number of hydrogen-bond donors (Lipinski definition) is 0. The molecule has 5 heterocycles. The van der Waals surface area contributed by atoms with Gasteiger partial charge in [0.05, 0.1) is 11.0 Å². The first-order valence-corrected chi connectivity index (χ1v) is 13.4. The summed E-state index contributed by atoms with van der Waals surface area (Å²) in [6.45, 7) is 6.65. The lowest BCUT2D eigenvalue weighted by Crippen LogP contribution is -2.47. The van der Waals surface area contributed by atoms with Gasteiger partial charge >= 0.3 is 0 Å². The maximum absolute atomic E-state index is 13.3. The maximum Gasteiger partial charge on any atom is 0.255 e. The van der Waals surface area contributed by atoms with E-state index in [1.54, 1.807) is 0 Å². The molecule has 3 aliphatic heterocycles. The summed E-state index contributed by atoms with van der Waals surface area (Å²) < 4.78 is 4.01. The van der Waals surface area contributed by atoms with Crippen LogP contribution in [0.1, 0.15) is 35.1 Å². The highest BCUT2D eigenvalue weighted by Crippen LogP contribution is 2.26. The average Bonchev–Trinajstić information content (AvgIpc) is 2.91. The van der Waals surface area contributed by atoms with E-state index >= 15 is 0 Å². The van der Waals surface area contributed by atoms with E-state index in [0.717, 1.165) is 87.1 Å². The standard InChI is InChI=1S/C30H32N4O2/c35-29-25(17-23-7-1-5-21-9-3-11-33(29)27(21)23)19-31-13-15-32(16-14-31)20-26-18-24-8-2-6-22-10-4-12-34(28(22)24)30(26)36/h1-2,5-8,17-18H,3-4,9-16,19-20H2. The Morgan fingerprint density at radius 2 is 1.03 bits per heavy atom. The molecule has 0 bridgehead atoms. The van der Waals surface area contributed by atoms with Crippen LogP contribution in [0, 0.1) is 0 Å². The van der Waals surface area contributed by atoms with Crippen molar-refractivity contribution in [3.05, 3.63) is 91.5 Å². The second-order valence-corrected chi connectivity index (χ2v) is 10.7. The Hall–Kier alpha value is -3.22. The molecule has 2 aromatic heterocycles. The number of pyridine rings is 2. The van der Waals surface area contributed by atoms with Crippen molar-refractivity contribution < 1.29 is 0 Å². The molecule has 2 aromatic carbocycles. The molecule has 184 valence electrons. The van der Waals surface area contributed by atoms with Gasteiger partial charge in [0.25, 0.3) is 11.1 Å². The Morgan fingerprint density at radius 1 is 0.583 bits per heavy atom. The smallest absolute Gasteiger partial charge is 0.255 e. The Balaban J connectivity index is 1.08. The lowest BCUT2D eigenvalue weighted by atomic mass is 10.00. The fourth-order valence-corrected chi connectivity index (χ4v) is 6.66. The second-order valence-electron chi connectivity index (χ2n) is 10.7. The van der Waals surface area contributed by atoms with Gasteiger partial charge in [0.15, 0.2) is 0 Å². The quantitative estimate of drug-likeness (QED) is 0.449. The molecular formula is C30H32N4O2. The van der Waals surface area contributed by atoms with E-state index in [4.69, 9.17) is 0 Å². The normalized spacial score (nSPS) is 18.2. The first-order chi connectivity index (χ1) is 17.7. The van der Waals surface area contributed by atoms with Gasteiger partial charge in [-0.15, -0.1) is 0 Å². The highest BCUT2D eigenvalue weighted by Gasteiger charge is 2.23. The van der Waals surface area contributed by atoms with Gasteiger partial charge in [-0.1, -0.05) is 36.4 Å². The Bertz CT molecular complexity index is 1490. The molecule has 1 saturated heterocycles. The SMILES string of the molecule is O=c1c(CN2CCN(Cc3cc4cccc5c4n(c3=O)CCC5)CC2)cc2cccc3c2n1CCC3. The van der Waals surface area contributed by atoms with E-state index in [-0.39, 0.29) is 11.1 Å². The second kappa shape index (κ2) is 8.71. The molecule has 0 amide bonds. The molecule has 0 spiro atoms. The van der Waals surface area contributed by atoms with Gasteiger partial charge in [-0.3, -0.25) is 19.4 Å². The van der Waals surface area contributed by atoms with Crippen molar-refractivity contribution in [1.29, 1.82) is 0 Å². The fourth-order valence-electron chi connectivity index (χ4n) is 6.66. The molecule has 0 radical (unpaired) electrons. The highest BCUT2D eigenvalue weighted by molar-refractivity contribution is 5.84. The lowest BCUT2D eigenvalue weighted by molar-refractivity contribution is 0.121. The van der Waals surface area contributed by atoms with Crippen LogP contribution in [-0.4, -0.2) is 45.1 Å². The number of hydrogen-bond acceptors (Lipinski definition) is 4. The van der Waals surface area contributed by atoms with E-state index < -0.39 is 0 Å². The molecule has 6 nitrogen and oxygen atoms in total. The van der Waals surface area contributed by atoms with Crippen molar-refractivity contribution in [1.82, 2.24) is 18.9 Å². The van der Waals surface area contributed by atoms with Crippen LogP contribution in [0.3, 0.4) is 0 Å². The molecule has 6 heteroatoms. The van der Waals surface area contributed by atoms with Gasteiger partial charge in [0, 0.05) is 63.5 Å². The third-order valence-electron chi connectivity index (χ3n) is 8.45. The Labute approximate surface area is 210 Å². The van der Waals surface area contributed by atoms with Crippen molar-refractivity contribution in [2.45, 2.75) is 51.9 Å². The van der Waals surface area contributed by atoms with E-state index in [1.807, 2.05) is 9.13 Å². The van der Waals surface area contributed by atoms with E-state index in [2.05, 4.69) is 58.3 Å². The zero-order chi connectivity index (χ0) is 24.2. The van der Waals surface area contributed by atoms with Crippen LogP contribution in [0.4, 0.5) is 0 Å². The molecule has 0 saturated carbocycles. The van der Waals surface area contributed by atoms with Crippen LogP contribution >= 0.6 is 0 Å². The minimum absolute atomic E-state index is 0.176. The third kappa shape index (κ3) is 3.62. The predicted octanol–water partition coefficient (Wildman–Crippen LogP) is 3.53. The summed E-state index contributed by atoms with van der Waals surface area (Å²) in [5.74, 6) is 0. The average molecular weight is 481 g/mol. The molecule has 36 heavy (non-hydrogen) atoms. The molecular weight excluding hydrogens is 448 g/mol. The van der Waals surface area contributed by atoms with Gasteiger partial charge < -0.3 is 9.13 Å². The Morgan fingerprint density at radius 3 is 1.47 bits per heavy atom.